The second kappa shape index (κ2) is 55.4. The molecule has 10 heteroatoms. The third kappa shape index (κ3) is 29.9. The minimum Gasteiger partial charge on any atom is -0.422 e. The maximum Gasteiger partial charge on any atom is 0.345 e. The van der Waals surface area contributed by atoms with Crippen LogP contribution < -0.4 is 19.3 Å². The first-order chi connectivity index (χ1) is 57.1. The number of ether oxygens (including phenoxy) is 2. The summed E-state index contributed by atoms with van der Waals surface area (Å²) in [6, 6.07) is 23.0. The Bertz CT molecular complexity index is 3730. The number of fused-ring (bicyclic) bond motifs is 4. The maximum absolute atomic E-state index is 16.2. The minimum atomic E-state index is -0.594. The van der Waals surface area contributed by atoms with E-state index in [1.807, 2.05) is 51.8 Å². The Labute approximate surface area is 715 Å². The fourth-order valence-electron chi connectivity index (χ4n) is 19.2. The Kier molecular flexibility index (Phi) is 45.0. The van der Waals surface area contributed by atoms with E-state index < -0.39 is 11.9 Å². The van der Waals surface area contributed by atoms with Gasteiger partial charge in [-0.1, -0.05) is 419 Å². The van der Waals surface area contributed by atoms with Gasteiger partial charge in [-0.3, -0.25) is 9.59 Å². The first-order valence-electron chi connectivity index (χ1n) is 49.3. The van der Waals surface area contributed by atoms with E-state index in [0.717, 1.165) is 92.3 Å². The summed E-state index contributed by atoms with van der Waals surface area (Å²) in [5.74, 6) is -0.396. The summed E-state index contributed by atoms with van der Waals surface area (Å²) < 4.78 is 12.7. The summed E-state index contributed by atoms with van der Waals surface area (Å²) in [5.41, 5.74) is 9.15. The van der Waals surface area contributed by atoms with E-state index in [0.29, 0.717) is 41.3 Å². The number of aryl methyl sites for hydroxylation is 2. The number of anilines is 2. The largest absolute Gasteiger partial charge is 0.422 e. The van der Waals surface area contributed by atoms with E-state index >= 15 is 14.4 Å². The van der Waals surface area contributed by atoms with Crippen LogP contribution in [0.1, 0.15) is 460 Å². The number of esters is 2. The summed E-state index contributed by atoms with van der Waals surface area (Å²) in [6.45, 7) is 14.9. The maximum atomic E-state index is 16.2. The molecule has 9 rings (SSSR count). The van der Waals surface area contributed by atoms with Crippen molar-refractivity contribution in [1.29, 1.82) is 0 Å². The van der Waals surface area contributed by atoms with Crippen molar-refractivity contribution in [2.45, 2.75) is 440 Å². The number of hydrogen-bond donors (Lipinski definition) is 0. The van der Waals surface area contributed by atoms with E-state index in [4.69, 9.17) is 9.47 Å². The normalized spacial score (nSPS) is 15.5. The predicted molar refractivity (Wildman–Crippen MR) is 501 cm³/mol. The molecule has 0 N–H and O–H groups in total. The highest BCUT2D eigenvalue weighted by Crippen LogP contribution is 2.54. The molecule has 0 bridgehead atoms. The zero-order chi connectivity index (χ0) is 81.6. The molecule has 2 amide bonds. The van der Waals surface area contributed by atoms with Crippen LogP contribution in [-0.4, -0.2) is 36.8 Å². The average Bonchev–Trinajstić information content (AvgIpc) is 1.56. The van der Waals surface area contributed by atoms with E-state index in [1.54, 1.807) is 12.1 Å². The van der Waals surface area contributed by atoms with Gasteiger partial charge in [-0.15, -0.1) is 22.7 Å². The van der Waals surface area contributed by atoms with Crippen LogP contribution in [-0.2, 0) is 32.0 Å². The molecule has 4 aliphatic rings. The highest BCUT2D eigenvalue weighted by molar-refractivity contribution is 7.23. The molecule has 642 valence electrons. The lowest BCUT2D eigenvalue weighted by Gasteiger charge is -2.25. The molecule has 4 aliphatic heterocycles. The number of thiophene rings is 2. The molecule has 3 aromatic carbocycles. The number of amides is 2. The van der Waals surface area contributed by atoms with Gasteiger partial charge >= 0.3 is 11.9 Å². The van der Waals surface area contributed by atoms with Crippen molar-refractivity contribution >= 4 is 80.1 Å². The minimum absolute atomic E-state index is 0.174. The third-order valence-electron chi connectivity index (χ3n) is 26.3. The molecule has 0 aliphatic carbocycles. The van der Waals surface area contributed by atoms with Gasteiger partial charge in [0.05, 0.1) is 33.7 Å². The zero-order valence-corrected chi connectivity index (χ0v) is 76.1. The molecule has 2 unspecified atom stereocenters. The number of carbonyl (C=O) groups is 4. The molecule has 5 aromatic rings. The van der Waals surface area contributed by atoms with Gasteiger partial charge < -0.3 is 19.3 Å². The summed E-state index contributed by atoms with van der Waals surface area (Å²) in [4.78, 5) is 69.8. The lowest BCUT2D eigenvalue weighted by Crippen LogP contribution is -2.32. The van der Waals surface area contributed by atoms with E-state index in [2.05, 4.69) is 82.2 Å². The molecular formula is C106H160N2O6S2. The summed E-state index contributed by atoms with van der Waals surface area (Å²) in [7, 11) is 0. The molecular weight excluding hydrogens is 1460 g/mol. The Morgan fingerprint density at radius 2 is 0.629 bits per heavy atom. The third-order valence-corrected chi connectivity index (χ3v) is 28.6. The number of benzene rings is 3. The molecule has 0 saturated carbocycles. The molecule has 0 saturated heterocycles. The molecule has 0 fully saturated rings. The van der Waals surface area contributed by atoms with E-state index in [9.17, 15) is 4.79 Å². The van der Waals surface area contributed by atoms with Gasteiger partial charge in [0.2, 0.25) is 0 Å². The Morgan fingerprint density at radius 1 is 0.302 bits per heavy atom. The van der Waals surface area contributed by atoms with Crippen molar-refractivity contribution < 1.29 is 28.7 Å². The number of para-hydroxylation sites is 1. The molecule has 0 spiro atoms. The van der Waals surface area contributed by atoms with Crippen LogP contribution in [0.5, 0.6) is 11.5 Å². The average molecular weight is 1620 g/mol. The van der Waals surface area contributed by atoms with Crippen LogP contribution in [0.25, 0.3) is 42.5 Å². The summed E-state index contributed by atoms with van der Waals surface area (Å²) in [6.07, 6.45) is 78.7. The standard InChI is InChI=1S/C106H160N2O6S2/c1-7-13-19-25-31-37-41-47-53-58-66-83(65-57-51-45-35-29-23-17-11-5)81-107-92-72-64-63-71-88(92)97(103(107)109)99-90-79-95-91(80-94(90)113-105(99)111)100(106(112)114-95)98-89-74-73-86(77-93(89)108(104(98)110)82-84(67-59-52-46-36-30-24-18-12-6)68-60-54-48-42-38-32-26-20-14-8-2)96-78-87(70-62-56-50-44-40-34-28-22-16-10-4)102(116-96)101-85(75-76-115-101)69-61-55-49-43-39-33-27-21-15-9-3/h63-64,71-80,83-84H,7-62,65-70,81-82H2,1-6H3/b99-97-,100-98+. The second-order valence-electron chi connectivity index (χ2n) is 36.0. The van der Waals surface area contributed by atoms with Crippen LogP contribution in [0.15, 0.2) is 72.1 Å². The molecule has 2 atom stereocenters. The van der Waals surface area contributed by atoms with Gasteiger partial charge in [-0.05, 0) is 122 Å². The number of nitrogens with zero attached hydrogens (tertiary/aromatic N) is 2. The van der Waals surface area contributed by atoms with Crippen molar-refractivity contribution in [1.82, 2.24) is 0 Å². The Hall–Kier alpha value is -5.58. The number of carbonyl (C=O) groups excluding carboxylic acids is 4. The topological polar surface area (TPSA) is 93.2 Å². The zero-order valence-electron chi connectivity index (χ0n) is 74.5. The van der Waals surface area contributed by atoms with Crippen LogP contribution in [0.3, 0.4) is 0 Å². The number of rotatable bonds is 68. The number of hydrogen-bond acceptors (Lipinski definition) is 8. The van der Waals surface area contributed by atoms with Gasteiger partial charge in [-0.2, -0.15) is 0 Å². The van der Waals surface area contributed by atoms with Gasteiger partial charge in [-0.25, -0.2) is 9.59 Å². The highest BCUT2D eigenvalue weighted by atomic mass is 32.1. The Morgan fingerprint density at radius 3 is 1.01 bits per heavy atom. The van der Waals surface area contributed by atoms with Crippen molar-refractivity contribution in [2.75, 3.05) is 22.9 Å². The lowest BCUT2D eigenvalue weighted by molar-refractivity contribution is -0.127. The van der Waals surface area contributed by atoms with Crippen LogP contribution in [0.4, 0.5) is 11.4 Å². The van der Waals surface area contributed by atoms with Crippen molar-refractivity contribution in [3.8, 4) is 31.7 Å². The molecule has 2 aromatic heterocycles. The molecule has 0 radical (unpaired) electrons. The predicted octanol–water partition coefficient (Wildman–Crippen LogP) is 33.3. The van der Waals surface area contributed by atoms with Crippen LogP contribution >= 0.6 is 22.7 Å². The second-order valence-corrected chi connectivity index (χ2v) is 38.0. The summed E-state index contributed by atoms with van der Waals surface area (Å²) in [5, 5.41) is 2.33. The SMILES string of the molecule is CCCCCCCCCCCCc1ccsc1-c1sc(-c2ccc3c(c2)N(CC(CCCCCCCCCC)CCCCCCCCCCCC)C(=O)/C3=C2/C(=O)Oc3cc4c(cc32)OC(=O)/C4=C2\C(=O)N(CC(CCCCCCCCCC)CCCCCCCCCCCC)c3ccccc32)cc1CCCCCCCCCCCC. The van der Waals surface area contributed by atoms with Crippen LogP contribution in [0.2, 0.25) is 0 Å². The van der Waals surface area contributed by atoms with Gasteiger partial charge in [0.25, 0.3) is 11.8 Å². The van der Waals surface area contributed by atoms with E-state index in [1.165, 1.54) is 360 Å². The van der Waals surface area contributed by atoms with Crippen molar-refractivity contribution in [3.63, 3.8) is 0 Å². The first kappa shape index (κ1) is 94.3. The molecule has 116 heavy (non-hydrogen) atoms. The highest BCUT2D eigenvalue weighted by Gasteiger charge is 2.46. The monoisotopic (exact) mass is 1620 g/mol. The fourth-order valence-corrected chi connectivity index (χ4v) is 21.5. The van der Waals surface area contributed by atoms with Crippen LogP contribution in [0, 0.1) is 11.8 Å². The molecule has 6 heterocycles. The number of unbranched alkanes of at least 4 members (excludes halogenated alkanes) is 50. The molecule has 8 nitrogen and oxygen atoms in total. The smallest absolute Gasteiger partial charge is 0.345 e. The fraction of sp³-hybridized carbons (Fsp3) is 0.679. The van der Waals surface area contributed by atoms with E-state index in [-0.39, 0.29) is 40.4 Å². The summed E-state index contributed by atoms with van der Waals surface area (Å²) >= 11 is 3.85. The van der Waals surface area contributed by atoms with Crippen molar-refractivity contribution in [2.24, 2.45) is 11.8 Å². The lowest BCUT2D eigenvalue weighted by atomic mass is 9.92. The van der Waals surface area contributed by atoms with Gasteiger partial charge in [0.15, 0.2) is 0 Å². The van der Waals surface area contributed by atoms with Gasteiger partial charge in [0.1, 0.15) is 11.5 Å². The Balaban J connectivity index is 1.03. The van der Waals surface area contributed by atoms with Crippen molar-refractivity contribution in [3.05, 3.63) is 105 Å². The van der Waals surface area contributed by atoms with Gasteiger partial charge in [0, 0.05) is 50.0 Å². The quantitative estimate of drug-likeness (QED) is 0.0167. The first-order valence-corrected chi connectivity index (χ1v) is 51.0.